The van der Waals surface area contributed by atoms with E-state index in [1.54, 1.807) is 12.1 Å². The number of hydrogen-bond acceptors (Lipinski definition) is 2. The molecule has 2 fully saturated rings. The summed E-state index contributed by atoms with van der Waals surface area (Å²) >= 11 is 0. The van der Waals surface area contributed by atoms with Gasteiger partial charge in [0.2, 0.25) is 0 Å². The lowest BCUT2D eigenvalue weighted by Crippen LogP contribution is -2.32. The first-order valence-electron chi connectivity index (χ1n) is 9.97. The molecule has 1 saturated heterocycles. The van der Waals surface area contributed by atoms with Gasteiger partial charge in [-0.15, -0.1) is 26.3 Å². The first-order valence-corrected chi connectivity index (χ1v) is 9.97. The third kappa shape index (κ3) is 5.61. The molecule has 1 aromatic rings. The number of likely N-dealkylation sites (tertiary alicyclic amines) is 1. The number of rotatable bonds is 9. The van der Waals surface area contributed by atoms with Gasteiger partial charge in [-0.25, -0.2) is 0 Å². The molecule has 0 radical (unpaired) electrons. The van der Waals surface area contributed by atoms with E-state index in [-0.39, 0.29) is 5.75 Å². The van der Waals surface area contributed by atoms with E-state index in [1.165, 1.54) is 38.2 Å². The summed E-state index contributed by atoms with van der Waals surface area (Å²) in [5, 5.41) is 4.60. The second-order valence-electron chi connectivity index (χ2n) is 8.38. The average Bonchev–Trinajstić information content (AvgIpc) is 3.03. The van der Waals surface area contributed by atoms with Crippen LogP contribution in [-0.2, 0) is 6.54 Å². The van der Waals surface area contributed by atoms with Crippen LogP contribution in [0.1, 0.15) is 32.8 Å². The summed E-state index contributed by atoms with van der Waals surface area (Å²) in [6.45, 7) is 11.7. The quantitative estimate of drug-likeness (QED) is 0.577. The summed E-state index contributed by atoms with van der Waals surface area (Å²) in [6, 6.07) is 6.11. The van der Waals surface area contributed by atoms with E-state index in [2.05, 4.69) is 35.7 Å². The Balaban J connectivity index is 1.37. The largest absolute Gasteiger partial charge is 0.658 e. The van der Waals surface area contributed by atoms with Crippen molar-refractivity contribution in [1.29, 1.82) is 0 Å². The van der Waals surface area contributed by atoms with Crippen LogP contribution < -0.4 is 4.74 Å². The van der Waals surface area contributed by atoms with Crippen LogP contribution in [0.3, 0.4) is 0 Å². The van der Waals surface area contributed by atoms with Gasteiger partial charge in [-0.2, -0.15) is 0 Å². The van der Waals surface area contributed by atoms with Crippen LogP contribution in [-0.4, -0.2) is 37.4 Å². The fourth-order valence-electron chi connectivity index (χ4n) is 4.48. The van der Waals surface area contributed by atoms with Crippen LogP contribution in [0.2, 0.25) is 0 Å². The van der Waals surface area contributed by atoms with Crippen LogP contribution in [0, 0.1) is 29.6 Å². The molecule has 0 N–H and O–H groups in total. The van der Waals surface area contributed by atoms with Gasteiger partial charge < -0.3 is 15.0 Å². The maximum atomic E-state index is 12.3. The molecule has 0 bridgehead atoms. The number of halogens is 3. The van der Waals surface area contributed by atoms with Gasteiger partial charge in [-0.05, 0) is 35.8 Å². The molecule has 0 spiro atoms. The van der Waals surface area contributed by atoms with Crippen molar-refractivity contribution in [2.24, 2.45) is 29.6 Å². The number of fused-ring (bicyclic) bond motifs is 1. The smallest absolute Gasteiger partial charge is 0.573 e. The minimum absolute atomic E-state index is 0.176. The van der Waals surface area contributed by atoms with Crippen LogP contribution in [0.4, 0.5) is 13.2 Å². The number of benzene rings is 1. The van der Waals surface area contributed by atoms with Crippen molar-refractivity contribution in [2.75, 3.05) is 26.2 Å². The second kappa shape index (κ2) is 8.39. The van der Waals surface area contributed by atoms with E-state index >= 15 is 0 Å². The van der Waals surface area contributed by atoms with E-state index in [9.17, 15) is 13.2 Å². The normalized spacial score (nSPS) is 26.3. The van der Waals surface area contributed by atoms with Crippen LogP contribution in [0.15, 0.2) is 24.3 Å². The molecule has 1 heterocycles. The van der Waals surface area contributed by atoms with Crippen molar-refractivity contribution in [1.82, 2.24) is 4.90 Å². The van der Waals surface area contributed by atoms with E-state index < -0.39 is 6.36 Å². The summed E-state index contributed by atoms with van der Waals surface area (Å²) in [5.41, 5.74) is 0.756. The zero-order chi connectivity index (χ0) is 19.6. The fourth-order valence-corrected chi connectivity index (χ4v) is 4.48. The standard InChI is InChI=1S/C21H30F3N2O/c1-4-16(14(2)3)11-26-12-19-18(20(19)13-26)10-25-9-15-6-5-7-17(8-15)27-21(22,23)24/h5-8,14,16,18-20H,4,9-13H2,1-3H3/q-1. The Hall–Kier alpha value is -1.27. The SMILES string of the molecule is CCC(CN1CC2C(C[N-]Cc3cccc(OC(F)(F)F)c3)C2C1)C(C)C. The maximum absolute atomic E-state index is 12.3. The zero-order valence-corrected chi connectivity index (χ0v) is 16.4. The highest BCUT2D eigenvalue weighted by atomic mass is 19.4. The molecule has 3 nitrogen and oxygen atoms in total. The molecule has 1 aromatic carbocycles. The van der Waals surface area contributed by atoms with Gasteiger partial charge in [-0.3, -0.25) is 0 Å². The predicted octanol–water partition coefficient (Wildman–Crippen LogP) is 5.32. The Morgan fingerprint density at radius 3 is 2.52 bits per heavy atom. The predicted molar refractivity (Wildman–Crippen MR) is 101 cm³/mol. The van der Waals surface area contributed by atoms with Crippen molar-refractivity contribution in [3.63, 3.8) is 0 Å². The average molecular weight is 383 g/mol. The number of ether oxygens (including phenoxy) is 1. The number of hydrogen-bond donors (Lipinski definition) is 0. The monoisotopic (exact) mass is 383 g/mol. The fraction of sp³-hybridized carbons (Fsp3) is 0.714. The first-order chi connectivity index (χ1) is 12.8. The number of piperidine rings is 1. The molecule has 1 aliphatic carbocycles. The topological polar surface area (TPSA) is 26.6 Å². The molecule has 6 heteroatoms. The van der Waals surface area contributed by atoms with E-state index in [0.29, 0.717) is 12.5 Å². The van der Waals surface area contributed by atoms with Crippen LogP contribution in [0.5, 0.6) is 5.75 Å². The summed E-state index contributed by atoms with van der Waals surface area (Å²) < 4.78 is 40.9. The van der Waals surface area contributed by atoms with Gasteiger partial charge in [-0.1, -0.05) is 50.8 Å². The second-order valence-corrected chi connectivity index (χ2v) is 8.38. The third-order valence-corrected chi connectivity index (χ3v) is 6.17. The van der Waals surface area contributed by atoms with Crippen molar-refractivity contribution >= 4 is 0 Å². The lowest BCUT2D eigenvalue weighted by Gasteiger charge is -2.28. The Morgan fingerprint density at radius 1 is 1.22 bits per heavy atom. The summed E-state index contributed by atoms with van der Waals surface area (Å²) in [5.74, 6) is 3.52. The molecule has 0 amide bonds. The molecule has 2 aliphatic rings. The summed E-state index contributed by atoms with van der Waals surface area (Å²) in [4.78, 5) is 2.61. The molecule has 0 aromatic heterocycles. The Labute approximate surface area is 160 Å². The Morgan fingerprint density at radius 2 is 1.93 bits per heavy atom. The van der Waals surface area contributed by atoms with Crippen molar-refractivity contribution in [2.45, 2.75) is 40.1 Å². The number of nitrogens with zero attached hydrogens (tertiary/aromatic N) is 2. The van der Waals surface area contributed by atoms with Crippen LogP contribution in [0.25, 0.3) is 5.32 Å². The zero-order valence-electron chi connectivity index (χ0n) is 16.4. The number of alkyl halides is 3. The molecular formula is C21H30F3N2O-. The molecule has 3 rings (SSSR count). The molecule has 152 valence electrons. The molecule has 1 aliphatic heterocycles. The van der Waals surface area contributed by atoms with Crippen molar-refractivity contribution in [3.05, 3.63) is 35.1 Å². The lowest BCUT2D eigenvalue weighted by atomic mass is 9.93. The molecular weight excluding hydrogens is 353 g/mol. The van der Waals surface area contributed by atoms with Crippen LogP contribution >= 0.6 is 0 Å². The molecule has 1 saturated carbocycles. The molecule has 27 heavy (non-hydrogen) atoms. The minimum atomic E-state index is -4.65. The highest BCUT2D eigenvalue weighted by Gasteiger charge is 2.53. The lowest BCUT2D eigenvalue weighted by molar-refractivity contribution is -0.274. The van der Waals surface area contributed by atoms with Gasteiger partial charge in [0, 0.05) is 19.6 Å². The van der Waals surface area contributed by atoms with Gasteiger partial charge in [0.15, 0.2) is 0 Å². The van der Waals surface area contributed by atoms with Crippen molar-refractivity contribution < 1.29 is 17.9 Å². The Kier molecular flexibility index (Phi) is 6.36. The van der Waals surface area contributed by atoms with Gasteiger partial charge >= 0.3 is 6.36 Å². The third-order valence-electron chi connectivity index (χ3n) is 6.17. The highest BCUT2D eigenvalue weighted by molar-refractivity contribution is 5.30. The van der Waals surface area contributed by atoms with E-state index in [4.69, 9.17) is 0 Å². The van der Waals surface area contributed by atoms with E-state index in [0.717, 1.165) is 35.8 Å². The summed E-state index contributed by atoms with van der Waals surface area (Å²) in [7, 11) is 0. The van der Waals surface area contributed by atoms with Gasteiger partial charge in [0.1, 0.15) is 5.75 Å². The maximum Gasteiger partial charge on any atom is 0.573 e. The van der Waals surface area contributed by atoms with E-state index in [1.807, 2.05) is 0 Å². The first kappa shape index (κ1) is 20.5. The van der Waals surface area contributed by atoms with Crippen molar-refractivity contribution in [3.8, 4) is 5.75 Å². The highest BCUT2D eigenvalue weighted by Crippen LogP contribution is 2.52. The van der Waals surface area contributed by atoms with Gasteiger partial charge in [0.25, 0.3) is 0 Å². The molecule has 3 unspecified atom stereocenters. The summed E-state index contributed by atoms with van der Waals surface area (Å²) in [6.07, 6.45) is -3.42. The Bertz CT molecular complexity index is 608. The molecule has 3 atom stereocenters. The van der Waals surface area contributed by atoms with Gasteiger partial charge in [0.05, 0.1) is 0 Å². The minimum Gasteiger partial charge on any atom is -0.658 e.